The Labute approximate surface area is 154 Å². The van der Waals surface area contributed by atoms with Gasteiger partial charge in [0.25, 0.3) is 0 Å². The van der Waals surface area contributed by atoms with Gasteiger partial charge in [0.2, 0.25) is 0 Å². The van der Waals surface area contributed by atoms with E-state index in [1.807, 2.05) is 30.3 Å². The second-order valence-corrected chi connectivity index (χ2v) is 7.12. The average molecular weight is 455 g/mol. The van der Waals surface area contributed by atoms with E-state index in [4.69, 9.17) is 34.8 Å². The van der Waals surface area contributed by atoms with Gasteiger partial charge in [-0.2, -0.15) is 0 Å². The van der Waals surface area contributed by atoms with Gasteiger partial charge in [0.15, 0.2) is 0 Å². The fourth-order valence-electron chi connectivity index (χ4n) is 2.19. The Morgan fingerprint density at radius 3 is 2.38 bits per heavy atom. The zero-order chi connectivity index (χ0) is 15.4. The summed E-state index contributed by atoms with van der Waals surface area (Å²) in [6, 6.07) is 12.1. The van der Waals surface area contributed by atoms with Crippen molar-refractivity contribution in [2.24, 2.45) is 0 Å². The quantitative estimate of drug-likeness (QED) is 0.535. The van der Waals surface area contributed by atoms with Gasteiger partial charge in [-0.15, -0.1) is 0 Å². The fraction of sp³-hybridized carbons (Fsp3) is 0.250. The summed E-state index contributed by atoms with van der Waals surface area (Å²) in [7, 11) is 0. The molecule has 0 radical (unpaired) electrons. The van der Waals surface area contributed by atoms with Gasteiger partial charge >= 0.3 is 0 Å². The van der Waals surface area contributed by atoms with Gasteiger partial charge in [-0.1, -0.05) is 53.9 Å². The maximum absolute atomic E-state index is 6.23. The monoisotopic (exact) mass is 453 g/mol. The molecule has 0 saturated heterocycles. The van der Waals surface area contributed by atoms with E-state index in [-0.39, 0.29) is 6.04 Å². The predicted octanol–water partition coefficient (Wildman–Crippen LogP) is 6.14. The topological polar surface area (TPSA) is 12.0 Å². The van der Waals surface area contributed by atoms with E-state index < -0.39 is 0 Å². The Morgan fingerprint density at radius 2 is 1.76 bits per heavy atom. The molecule has 0 aliphatic rings. The standard InChI is InChI=1S/C16H15Cl3IN/c1-2-21-16(11-4-6-15(20)14(19)9-11)8-10-3-5-12(17)13(18)7-10/h3-7,9,16,21H,2,8H2,1H3. The smallest absolute Gasteiger partial charge is 0.0595 e. The molecule has 2 aromatic carbocycles. The molecule has 2 rings (SSSR count). The van der Waals surface area contributed by atoms with Gasteiger partial charge in [-0.05, 0) is 70.9 Å². The Hall–Kier alpha value is -0.000000000000000167. The molecule has 0 aliphatic carbocycles. The molecule has 1 nitrogen and oxygen atoms in total. The van der Waals surface area contributed by atoms with Crippen LogP contribution in [0.4, 0.5) is 0 Å². The summed E-state index contributed by atoms with van der Waals surface area (Å²) in [5.41, 5.74) is 2.32. The average Bonchev–Trinajstić information content (AvgIpc) is 2.45. The summed E-state index contributed by atoms with van der Waals surface area (Å²) in [4.78, 5) is 0. The summed E-state index contributed by atoms with van der Waals surface area (Å²) < 4.78 is 1.06. The second-order valence-electron chi connectivity index (χ2n) is 4.74. The van der Waals surface area contributed by atoms with Crippen molar-refractivity contribution in [3.8, 4) is 0 Å². The van der Waals surface area contributed by atoms with Gasteiger partial charge in [0.1, 0.15) is 0 Å². The molecule has 0 bridgehead atoms. The summed E-state index contributed by atoms with van der Waals surface area (Å²) in [5, 5.41) is 5.44. The number of hydrogen-bond donors (Lipinski definition) is 1. The van der Waals surface area contributed by atoms with Gasteiger partial charge in [-0.25, -0.2) is 0 Å². The molecule has 0 heterocycles. The molecule has 0 aromatic heterocycles. The van der Waals surface area contributed by atoms with E-state index in [0.29, 0.717) is 10.0 Å². The molecular formula is C16H15Cl3IN. The summed E-state index contributed by atoms with van der Waals surface area (Å²) in [6.07, 6.45) is 0.835. The fourth-order valence-corrected chi connectivity index (χ4v) is 3.03. The van der Waals surface area contributed by atoms with Crippen LogP contribution in [0.3, 0.4) is 0 Å². The lowest BCUT2D eigenvalue weighted by molar-refractivity contribution is 0.550. The minimum Gasteiger partial charge on any atom is -0.310 e. The molecular weight excluding hydrogens is 439 g/mol. The number of likely N-dealkylation sites (N-methyl/N-ethyl adjacent to an activating group) is 1. The van der Waals surface area contributed by atoms with Crippen LogP contribution in [-0.4, -0.2) is 6.54 Å². The molecule has 1 N–H and O–H groups in total. The summed E-state index contributed by atoms with van der Waals surface area (Å²) >= 11 is 20.5. The first-order valence-electron chi connectivity index (χ1n) is 6.63. The zero-order valence-electron chi connectivity index (χ0n) is 11.5. The van der Waals surface area contributed by atoms with E-state index >= 15 is 0 Å². The Morgan fingerprint density at radius 1 is 1.00 bits per heavy atom. The van der Waals surface area contributed by atoms with Gasteiger partial charge in [0, 0.05) is 9.61 Å². The normalized spacial score (nSPS) is 12.4. The van der Waals surface area contributed by atoms with Crippen LogP contribution in [0.5, 0.6) is 0 Å². The molecule has 0 saturated carbocycles. The first kappa shape index (κ1) is 17.4. The first-order chi connectivity index (χ1) is 10.0. The number of halogens is 4. The highest BCUT2D eigenvalue weighted by Crippen LogP contribution is 2.28. The lowest BCUT2D eigenvalue weighted by Crippen LogP contribution is -2.23. The number of hydrogen-bond acceptors (Lipinski definition) is 1. The molecule has 2 aromatic rings. The maximum atomic E-state index is 6.23. The van der Waals surface area contributed by atoms with Crippen molar-refractivity contribution < 1.29 is 0 Å². The zero-order valence-corrected chi connectivity index (χ0v) is 15.9. The maximum Gasteiger partial charge on any atom is 0.0595 e. The van der Waals surface area contributed by atoms with Crippen LogP contribution in [-0.2, 0) is 6.42 Å². The van der Waals surface area contributed by atoms with Crippen molar-refractivity contribution in [2.45, 2.75) is 19.4 Å². The van der Waals surface area contributed by atoms with E-state index in [1.54, 1.807) is 0 Å². The summed E-state index contributed by atoms with van der Waals surface area (Å²) in [6.45, 7) is 2.98. The number of rotatable bonds is 5. The molecule has 0 amide bonds. The van der Waals surface area contributed by atoms with Crippen molar-refractivity contribution in [2.75, 3.05) is 6.54 Å². The van der Waals surface area contributed by atoms with Crippen LogP contribution in [0.2, 0.25) is 15.1 Å². The highest BCUT2D eigenvalue weighted by atomic mass is 127. The molecule has 112 valence electrons. The molecule has 0 spiro atoms. The molecule has 21 heavy (non-hydrogen) atoms. The Bertz CT molecular complexity index is 631. The van der Waals surface area contributed by atoms with Crippen LogP contribution >= 0.6 is 57.4 Å². The van der Waals surface area contributed by atoms with Gasteiger partial charge < -0.3 is 5.32 Å². The Kier molecular flexibility index (Phi) is 6.63. The van der Waals surface area contributed by atoms with Crippen molar-refractivity contribution in [3.05, 3.63) is 66.2 Å². The molecule has 0 aliphatic heterocycles. The second kappa shape index (κ2) is 8.02. The van der Waals surface area contributed by atoms with Crippen LogP contribution < -0.4 is 5.32 Å². The number of nitrogens with one attached hydrogen (secondary N) is 1. The van der Waals surface area contributed by atoms with Crippen molar-refractivity contribution in [1.82, 2.24) is 5.32 Å². The molecule has 5 heteroatoms. The van der Waals surface area contributed by atoms with E-state index in [0.717, 1.165) is 27.1 Å². The van der Waals surface area contributed by atoms with E-state index in [1.165, 1.54) is 5.56 Å². The van der Waals surface area contributed by atoms with E-state index in [2.05, 4.69) is 40.9 Å². The minimum absolute atomic E-state index is 0.196. The third-order valence-corrected chi connectivity index (χ3v) is 5.53. The van der Waals surface area contributed by atoms with Crippen LogP contribution in [0.25, 0.3) is 0 Å². The van der Waals surface area contributed by atoms with Crippen molar-refractivity contribution >= 4 is 57.4 Å². The highest BCUT2D eigenvalue weighted by molar-refractivity contribution is 14.1. The Balaban J connectivity index is 2.25. The van der Waals surface area contributed by atoms with Gasteiger partial charge in [0.05, 0.1) is 15.1 Å². The molecule has 1 unspecified atom stereocenters. The lowest BCUT2D eigenvalue weighted by atomic mass is 9.99. The molecule has 0 fully saturated rings. The first-order valence-corrected chi connectivity index (χ1v) is 8.84. The van der Waals surface area contributed by atoms with Crippen LogP contribution in [0, 0.1) is 3.57 Å². The highest BCUT2D eigenvalue weighted by Gasteiger charge is 2.13. The molecule has 1 atom stereocenters. The van der Waals surface area contributed by atoms with Gasteiger partial charge in [-0.3, -0.25) is 0 Å². The third kappa shape index (κ3) is 4.73. The van der Waals surface area contributed by atoms with Crippen LogP contribution in [0.1, 0.15) is 24.1 Å². The van der Waals surface area contributed by atoms with Crippen molar-refractivity contribution in [3.63, 3.8) is 0 Å². The minimum atomic E-state index is 0.196. The SMILES string of the molecule is CCNC(Cc1ccc(Cl)c(Cl)c1)c1ccc(I)c(Cl)c1. The number of benzene rings is 2. The lowest BCUT2D eigenvalue weighted by Gasteiger charge is -2.19. The third-order valence-electron chi connectivity index (χ3n) is 3.22. The summed E-state index contributed by atoms with van der Waals surface area (Å²) in [5.74, 6) is 0. The van der Waals surface area contributed by atoms with Crippen LogP contribution in [0.15, 0.2) is 36.4 Å². The van der Waals surface area contributed by atoms with Crippen molar-refractivity contribution in [1.29, 1.82) is 0 Å². The van der Waals surface area contributed by atoms with E-state index in [9.17, 15) is 0 Å². The predicted molar refractivity (Wildman–Crippen MR) is 101 cm³/mol. The largest absolute Gasteiger partial charge is 0.310 e.